The van der Waals surface area contributed by atoms with Gasteiger partial charge in [0.2, 0.25) is 0 Å². The van der Waals surface area contributed by atoms with Crippen LogP contribution in [-0.4, -0.2) is 36.7 Å². The van der Waals surface area contributed by atoms with Gasteiger partial charge < -0.3 is 4.74 Å². The summed E-state index contributed by atoms with van der Waals surface area (Å²) in [6, 6.07) is 0. The molecular weight excluding hydrogens is 162 g/mol. The van der Waals surface area contributed by atoms with E-state index in [0.717, 1.165) is 19.1 Å². The van der Waals surface area contributed by atoms with Crippen molar-refractivity contribution in [2.75, 3.05) is 26.3 Å². The molecule has 2 saturated heterocycles. The third-order valence-corrected chi connectivity index (χ3v) is 3.58. The maximum atomic E-state index is 5.63. The minimum absolute atomic E-state index is 0.440. The van der Waals surface area contributed by atoms with Crippen molar-refractivity contribution in [2.24, 2.45) is 5.92 Å². The van der Waals surface area contributed by atoms with Crippen molar-refractivity contribution in [3.8, 4) is 0 Å². The van der Waals surface area contributed by atoms with E-state index in [1.807, 2.05) is 0 Å². The van der Waals surface area contributed by atoms with Crippen molar-refractivity contribution in [1.82, 2.24) is 4.90 Å². The molecule has 0 bridgehead atoms. The SMILES string of the molecule is CCOCC12CCCN1CC(C)C2. The first-order chi connectivity index (χ1) is 6.27. The van der Waals surface area contributed by atoms with Gasteiger partial charge in [-0.2, -0.15) is 0 Å². The van der Waals surface area contributed by atoms with Crippen LogP contribution in [0.3, 0.4) is 0 Å². The zero-order chi connectivity index (χ0) is 9.31. The van der Waals surface area contributed by atoms with Crippen molar-refractivity contribution >= 4 is 0 Å². The van der Waals surface area contributed by atoms with Gasteiger partial charge in [0.05, 0.1) is 6.61 Å². The van der Waals surface area contributed by atoms with Gasteiger partial charge >= 0.3 is 0 Å². The molecule has 2 unspecified atom stereocenters. The Morgan fingerprint density at radius 3 is 3.15 bits per heavy atom. The Hall–Kier alpha value is -0.0800. The number of hydrogen-bond donors (Lipinski definition) is 0. The predicted octanol–water partition coefficient (Wildman–Crippen LogP) is 1.90. The summed E-state index contributed by atoms with van der Waals surface area (Å²) in [4.78, 5) is 2.66. The van der Waals surface area contributed by atoms with Gasteiger partial charge in [0.15, 0.2) is 0 Å². The predicted molar refractivity (Wildman–Crippen MR) is 53.8 cm³/mol. The lowest BCUT2D eigenvalue weighted by molar-refractivity contribution is 0.0415. The van der Waals surface area contributed by atoms with Crippen molar-refractivity contribution in [3.63, 3.8) is 0 Å². The summed E-state index contributed by atoms with van der Waals surface area (Å²) in [5.74, 6) is 0.876. The molecule has 2 nitrogen and oxygen atoms in total. The van der Waals surface area contributed by atoms with Crippen molar-refractivity contribution in [3.05, 3.63) is 0 Å². The van der Waals surface area contributed by atoms with Gasteiger partial charge in [0, 0.05) is 18.7 Å². The van der Waals surface area contributed by atoms with E-state index in [4.69, 9.17) is 4.74 Å². The average molecular weight is 183 g/mol. The summed E-state index contributed by atoms with van der Waals surface area (Å²) in [6.07, 6.45) is 4.09. The molecule has 2 heteroatoms. The summed E-state index contributed by atoms with van der Waals surface area (Å²) in [5.41, 5.74) is 0.440. The number of ether oxygens (including phenoxy) is 1. The van der Waals surface area contributed by atoms with E-state index in [1.54, 1.807) is 0 Å². The van der Waals surface area contributed by atoms with Crippen LogP contribution in [0.5, 0.6) is 0 Å². The highest BCUT2D eigenvalue weighted by Gasteiger charge is 2.46. The maximum Gasteiger partial charge on any atom is 0.0650 e. The Morgan fingerprint density at radius 2 is 2.38 bits per heavy atom. The Labute approximate surface area is 81.3 Å². The van der Waals surface area contributed by atoms with E-state index >= 15 is 0 Å². The van der Waals surface area contributed by atoms with Gasteiger partial charge in [-0.15, -0.1) is 0 Å². The molecule has 2 fully saturated rings. The molecule has 2 rings (SSSR count). The Morgan fingerprint density at radius 1 is 1.54 bits per heavy atom. The number of rotatable bonds is 3. The number of fused-ring (bicyclic) bond motifs is 1. The Balaban J connectivity index is 2.00. The number of hydrogen-bond acceptors (Lipinski definition) is 2. The first-order valence-corrected chi connectivity index (χ1v) is 5.60. The molecule has 0 amide bonds. The third kappa shape index (κ3) is 1.62. The van der Waals surface area contributed by atoms with Crippen LogP contribution in [0, 0.1) is 5.92 Å². The van der Waals surface area contributed by atoms with Gasteiger partial charge in [0.1, 0.15) is 0 Å². The van der Waals surface area contributed by atoms with Crippen molar-refractivity contribution < 1.29 is 4.74 Å². The molecule has 2 aliphatic heterocycles. The fourth-order valence-corrected chi connectivity index (χ4v) is 3.11. The zero-order valence-corrected chi connectivity index (χ0v) is 8.88. The second-order valence-corrected chi connectivity index (χ2v) is 4.72. The minimum atomic E-state index is 0.440. The largest absolute Gasteiger partial charge is 0.380 e. The molecule has 0 aromatic rings. The molecule has 0 aromatic carbocycles. The third-order valence-electron chi connectivity index (χ3n) is 3.58. The van der Waals surface area contributed by atoms with Crippen LogP contribution in [0.1, 0.15) is 33.1 Å². The average Bonchev–Trinajstić information content (AvgIpc) is 2.57. The second-order valence-electron chi connectivity index (χ2n) is 4.72. The van der Waals surface area contributed by atoms with E-state index in [1.165, 1.54) is 32.4 Å². The molecule has 0 N–H and O–H groups in total. The molecule has 13 heavy (non-hydrogen) atoms. The van der Waals surface area contributed by atoms with Gasteiger partial charge in [-0.1, -0.05) is 6.92 Å². The highest BCUT2D eigenvalue weighted by Crippen LogP contribution is 2.41. The zero-order valence-electron chi connectivity index (χ0n) is 8.88. The highest BCUT2D eigenvalue weighted by molar-refractivity contribution is 5.02. The van der Waals surface area contributed by atoms with E-state index < -0.39 is 0 Å². The molecule has 2 aliphatic rings. The Kier molecular flexibility index (Phi) is 2.61. The molecule has 76 valence electrons. The molecule has 0 aromatic heterocycles. The van der Waals surface area contributed by atoms with Gasteiger partial charge in [-0.05, 0) is 38.6 Å². The van der Waals surface area contributed by atoms with Crippen LogP contribution in [-0.2, 0) is 4.74 Å². The normalized spacial score (nSPS) is 39.7. The minimum Gasteiger partial charge on any atom is -0.380 e. The summed E-state index contributed by atoms with van der Waals surface area (Å²) in [6.45, 7) is 8.89. The fourth-order valence-electron chi connectivity index (χ4n) is 3.11. The van der Waals surface area contributed by atoms with Gasteiger partial charge in [-0.25, -0.2) is 0 Å². The van der Waals surface area contributed by atoms with E-state index in [-0.39, 0.29) is 0 Å². The van der Waals surface area contributed by atoms with Crippen LogP contribution in [0.4, 0.5) is 0 Å². The second kappa shape index (κ2) is 3.58. The van der Waals surface area contributed by atoms with E-state index in [2.05, 4.69) is 18.7 Å². The van der Waals surface area contributed by atoms with Gasteiger partial charge in [0.25, 0.3) is 0 Å². The van der Waals surface area contributed by atoms with Crippen LogP contribution in [0.2, 0.25) is 0 Å². The summed E-state index contributed by atoms with van der Waals surface area (Å²) in [7, 11) is 0. The maximum absolute atomic E-state index is 5.63. The van der Waals surface area contributed by atoms with Crippen LogP contribution in [0.15, 0.2) is 0 Å². The molecule has 0 spiro atoms. The van der Waals surface area contributed by atoms with Crippen LogP contribution < -0.4 is 0 Å². The molecule has 0 saturated carbocycles. The highest BCUT2D eigenvalue weighted by atomic mass is 16.5. The molecule has 0 aliphatic carbocycles. The summed E-state index contributed by atoms with van der Waals surface area (Å²) >= 11 is 0. The molecular formula is C11H21NO. The Bertz CT molecular complexity index is 183. The van der Waals surface area contributed by atoms with Gasteiger partial charge in [-0.3, -0.25) is 4.90 Å². The fraction of sp³-hybridized carbons (Fsp3) is 1.00. The lowest BCUT2D eigenvalue weighted by Gasteiger charge is -2.31. The molecule has 2 heterocycles. The first-order valence-electron chi connectivity index (χ1n) is 5.60. The molecule has 2 atom stereocenters. The molecule has 0 radical (unpaired) electrons. The summed E-state index contributed by atoms with van der Waals surface area (Å²) in [5, 5.41) is 0. The van der Waals surface area contributed by atoms with E-state index in [9.17, 15) is 0 Å². The van der Waals surface area contributed by atoms with Crippen molar-refractivity contribution in [2.45, 2.75) is 38.6 Å². The quantitative estimate of drug-likeness (QED) is 0.662. The van der Waals surface area contributed by atoms with Crippen molar-refractivity contribution in [1.29, 1.82) is 0 Å². The topological polar surface area (TPSA) is 12.5 Å². The van der Waals surface area contributed by atoms with Crippen LogP contribution in [0.25, 0.3) is 0 Å². The number of nitrogens with zero attached hydrogens (tertiary/aromatic N) is 1. The summed E-state index contributed by atoms with van der Waals surface area (Å²) < 4.78 is 5.63. The lowest BCUT2D eigenvalue weighted by atomic mass is 9.92. The van der Waals surface area contributed by atoms with Crippen LogP contribution >= 0.6 is 0 Å². The smallest absolute Gasteiger partial charge is 0.0650 e. The standard InChI is InChI=1S/C11H21NO/c1-3-13-9-11-5-4-6-12(11)8-10(2)7-11/h10H,3-9H2,1-2H3. The monoisotopic (exact) mass is 183 g/mol. The lowest BCUT2D eigenvalue weighted by Crippen LogP contribution is -2.42. The van der Waals surface area contributed by atoms with E-state index in [0.29, 0.717) is 5.54 Å². The first kappa shape index (κ1) is 9.47.